The molecule has 0 amide bonds. The lowest BCUT2D eigenvalue weighted by atomic mass is 10.3. The SMILES string of the molecule is COC(=O)c1cc(C)nn1C(C)C(=O)O. The summed E-state index contributed by atoms with van der Waals surface area (Å²) < 4.78 is 5.67. The Kier molecular flexibility index (Phi) is 3.08. The zero-order chi connectivity index (χ0) is 11.6. The van der Waals surface area contributed by atoms with Crippen molar-refractivity contribution >= 4 is 11.9 Å². The first-order valence-electron chi connectivity index (χ1n) is 4.34. The Bertz CT molecular complexity index is 397. The highest BCUT2D eigenvalue weighted by molar-refractivity contribution is 5.88. The van der Waals surface area contributed by atoms with Gasteiger partial charge in [-0.2, -0.15) is 5.10 Å². The largest absolute Gasteiger partial charge is 0.480 e. The number of nitrogens with zero attached hydrogens (tertiary/aromatic N) is 2. The summed E-state index contributed by atoms with van der Waals surface area (Å²) in [5.74, 6) is -1.65. The van der Waals surface area contributed by atoms with E-state index in [0.29, 0.717) is 5.69 Å². The van der Waals surface area contributed by atoms with E-state index in [9.17, 15) is 9.59 Å². The van der Waals surface area contributed by atoms with E-state index in [2.05, 4.69) is 9.84 Å². The molecule has 0 aliphatic rings. The normalized spacial score (nSPS) is 12.2. The molecule has 1 heterocycles. The minimum absolute atomic E-state index is 0.143. The molecule has 6 heteroatoms. The van der Waals surface area contributed by atoms with Crippen LogP contribution in [-0.2, 0) is 9.53 Å². The van der Waals surface area contributed by atoms with Crippen LogP contribution in [0.2, 0.25) is 0 Å². The monoisotopic (exact) mass is 212 g/mol. The van der Waals surface area contributed by atoms with Gasteiger partial charge in [-0.05, 0) is 19.9 Å². The number of carbonyl (C=O) groups excluding carboxylic acids is 1. The molecule has 0 fully saturated rings. The second-order valence-corrected chi connectivity index (χ2v) is 3.12. The third-order valence-corrected chi connectivity index (χ3v) is 1.98. The van der Waals surface area contributed by atoms with Gasteiger partial charge in [0.15, 0.2) is 0 Å². The average Bonchev–Trinajstić information content (AvgIpc) is 2.57. The number of esters is 1. The van der Waals surface area contributed by atoms with Crippen LogP contribution in [0, 0.1) is 6.92 Å². The smallest absolute Gasteiger partial charge is 0.356 e. The molecular formula is C9H12N2O4. The van der Waals surface area contributed by atoms with E-state index in [1.54, 1.807) is 6.92 Å². The maximum atomic E-state index is 11.3. The van der Waals surface area contributed by atoms with Crippen molar-refractivity contribution in [2.45, 2.75) is 19.9 Å². The van der Waals surface area contributed by atoms with Crippen LogP contribution in [0.3, 0.4) is 0 Å². The standard InChI is InChI=1S/C9H12N2O4/c1-5-4-7(9(14)15-3)11(10-5)6(2)8(12)13/h4,6H,1-3H3,(H,12,13). The Balaban J connectivity index is 3.17. The number of carbonyl (C=O) groups is 2. The number of ether oxygens (including phenoxy) is 1. The van der Waals surface area contributed by atoms with Crippen LogP contribution in [0.1, 0.15) is 29.1 Å². The van der Waals surface area contributed by atoms with Crippen molar-refractivity contribution in [2.24, 2.45) is 0 Å². The van der Waals surface area contributed by atoms with Gasteiger partial charge in [-0.15, -0.1) is 0 Å². The van der Waals surface area contributed by atoms with Gasteiger partial charge in [-0.1, -0.05) is 0 Å². The summed E-state index contributed by atoms with van der Waals surface area (Å²) >= 11 is 0. The molecule has 1 N–H and O–H groups in total. The molecule has 0 aliphatic heterocycles. The number of aromatic nitrogens is 2. The third kappa shape index (κ3) is 2.15. The first-order chi connectivity index (χ1) is 6.97. The maximum absolute atomic E-state index is 11.3. The Morgan fingerprint density at radius 1 is 1.60 bits per heavy atom. The molecule has 82 valence electrons. The minimum Gasteiger partial charge on any atom is -0.480 e. The van der Waals surface area contributed by atoms with Gasteiger partial charge in [0.2, 0.25) is 0 Å². The molecule has 0 radical (unpaired) electrons. The Morgan fingerprint density at radius 2 is 2.20 bits per heavy atom. The molecule has 0 spiro atoms. The molecule has 1 unspecified atom stereocenters. The molecule has 1 rings (SSSR count). The molecule has 0 saturated heterocycles. The van der Waals surface area contributed by atoms with Gasteiger partial charge < -0.3 is 9.84 Å². The highest BCUT2D eigenvalue weighted by Gasteiger charge is 2.22. The fourth-order valence-corrected chi connectivity index (χ4v) is 1.17. The van der Waals surface area contributed by atoms with Crippen molar-refractivity contribution < 1.29 is 19.4 Å². The van der Waals surface area contributed by atoms with Gasteiger partial charge in [-0.3, -0.25) is 0 Å². The molecule has 0 bridgehead atoms. The van der Waals surface area contributed by atoms with Crippen LogP contribution in [0.4, 0.5) is 0 Å². The second-order valence-electron chi connectivity index (χ2n) is 3.12. The van der Waals surface area contributed by atoms with E-state index in [0.717, 1.165) is 4.68 Å². The van der Waals surface area contributed by atoms with Gasteiger partial charge in [0.1, 0.15) is 11.7 Å². The van der Waals surface area contributed by atoms with Crippen LogP contribution in [0.25, 0.3) is 0 Å². The third-order valence-electron chi connectivity index (χ3n) is 1.98. The van der Waals surface area contributed by atoms with Gasteiger partial charge in [0, 0.05) is 0 Å². The van der Waals surface area contributed by atoms with E-state index in [1.807, 2.05) is 0 Å². The molecule has 0 saturated carbocycles. The Morgan fingerprint density at radius 3 is 2.67 bits per heavy atom. The predicted molar refractivity (Wildman–Crippen MR) is 50.7 cm³/mol. The highest BCUT2D eigenvalue weighted by Crippen LogP contribution is 2.12. The summed E-state index contributed by atoms with van der Waals surface area (Å²) in [6, 6.07) is 0.596. The van der Waals surface area contributed by atoms with E-state index in [-0.39, 0.29) is 5.69 Å². The van der Waals surface area contributed by atoms with E-state index < -0.39 is 18.0 Å². The van der Waals surface area contributed by atoms with Gasteiger partial charge in [0.05, 0.1) is 12.8 Å². The van der Waals surface area contributed by atoms with E-state index in [4.69, 9.17) is 5.11 Å². The first kappa shape index (κ1) is 11.2. The van der Waals surface area contributed by atoms with Crippen molar-refractivity contribution in [2.75, 3.05) is 7.11 Å². The molecule has 0 aliphatic carbocycles. The molecule has 15 heavy (non-hydrogen) atoms. The molecule has 1 aromatic rings. The molecular weight excluding hydrogens is 200 g/mol. The number of aliphatic carboxylic acids is 1. The van der Waals surface area contributed by atoms with Crippen LogP contribution in [0.5, 0.6) is 0 Å². The Hall–Kier alpha value is -1.85. The number of hydrogen-bond acceptors (Lipinski definition) is 4. The second kappa shape index (κ2) is 4.12. The van der Waals surface area contributed by atoms with Crippen LogP contribution >= 0.6 is 0 Å². The summed E-state index contributed by atoms with van der Waals surface area (Å²) in [5, 5.41) is 12.7. The lowest BCUT2D eigenvalue weighted by molar-refractivity contribution is -0.140. The lowest BCUT2D eigenvalue weighted by Gasteiger charge is -2.09. The van der Waals surface area contributed by atoms with Gasteiger partial charge >= 0.3 is 11.9 Å². The quantitative estimate of drug-likeness (QED) is 0.743. The van der Waals surface area contributed by atoms with Crippen molar-refractivity contribution in [3.8, 4) is 0 Å². The lowest BCUT2D eigenvalue weighted by Crippen LogP contribution is -2.21. The average molecular weight is 212 g/mol. The van der Waals surface area contributed by atoms with Crippen molar-refractivity contribution in [3.05, 3.63) is 17.5 Å². The fraction of sp³-hybridized carbons (Fsp3) is 0.444. The molecule has 0 aromatic carbocycles. The molecule has 6 nitrogen and oxygen atoms in total. The van der Waals surface area contributed by atoms with Crippen molar-refractivity contribution in [1.82, 2.24) is 9.78 Å². The number of rotatable bonds is 3. The molecule has 1 aromatic heterocycles. The van der Waals surface area contributed by atoms with Crippen LogP contribution in [-0.4, -0.2) is 33.9 Å². The number of aryl methyl sites for hydroxylation is 1. The summed E-state index contributed by atoms with van der Waals surface area (Å²) in [7, 11) is 1.24. The van der Waals surface area contributed by atoms with Crippen molar-refractivity contribution in [1.29, 1.82) is 0 Å². The summed E-state index contributed by atoms with van der Waals surface area (Å²) in [6.45, 7) is 3.12. The fourth-order valence-electron chi connectivity index (χ4n) is 1.17. The van der Waals surface area contributed by atoms with Crippen LogP contribution in [0.15, 0.2) is 6.07 Å². The minimum atomic E-state index is -1.05. The number of methoxy groups -OCH3 is 1. The Labute approximate surface area is 86.5 Å². The zero-order valence-corrected chi connectivity index (χ0v) is 8.72. The van der Waals surface area contributed by atoms with Crippen LogP contribution < -0.4 is 0 Å². The van der Waals surface area contributed by atoms with E-state index >= 15 is 0 Å². The summed E-state index contributed by atoms with van der Waals surface area (Å²) in [4.78, 5) is 22.1. The topological polar surface area (TPSA) is 81.4 Å². The molecule has 1 atom stereocenters. The maximum Gasteiger partial charge on any atom is 0.356 e. The van der Waals surface area contributed by atoms with Crippen molar-refractivity contribution in [3.63, 3.8) is 0 Å². The summed E-state index contributed by atoms with van der Waals surface area (Å²) in [5.41, 5.74) is 0.716. The van der Waals surface area contributed by atoms with Gasteiger partial charge in [-0.25, -0.2) is 14.3 Å². The first-order valence-corrected chi connectivity index (χ1v) is 4.34. The predicted octanol–water partition coefficient (Wildman–Crippen LogP) is 0.624. The number of carboxylic acid groups (broad SMARTS) is 1. The van der Waals surface area contributed by atoms with E-state index in [1.165, 1.54) is 20.1 Å². The van der Waals surface area contributed by atoms with Gasteiger partial charge in [0.25, 0.3) is 0 Å². The number of hydrogen-bond donors (Lipinski definition) is 1. The zero-order valence-electron chi connectivity index (χ0n) is 8.72. The highest BCUT2D eigenvalue weighted by atomic mass is 16.5. The summed E-state index contributed by atoms with van der Waals surface area (Å²) in [6.07, 6.45) is 0. The number of carboxylic acids is 1.